The maximum Gasteiger partial charge on any atom is 0.259 e. The van der Waals surface area contributed by atoms with E-state index in [9.17, 15) is 9.59 Å². The van der Waals surface area contributed by atoms with Gasteiger partial charge in [0.25, 0.3) is 5.91 Å². The number of carbonyl (C=O) groups is 2. The van der Waals surface area contributed by atoms with Crippen molar-refractivity contribution in [1.82, 2.24) is 10.2 Å². The van der Waals surface area contributed by atoms with Crippen LogP contribution in [0, 0.1) is 0 Å². The van der Waals surface area contributed by atoms with Crippen molar-refractivity contribution in [2.45, 2.75) is 31.7 Å². The maximum atomic E-state index is 13.0. The molecule has 0 aromatic heterocycles. The molecule has 1 heterocycles. The van der Waals surface area contributed by atoms with Crippen molar-refractivity contribution in [3.8, 4) is 5.75 Å². The molecule has 1 N–H and O–H groups in total. The number of hydrogen-bond donors (Lipinski definition) is 1. The van der Waals surface area contributed by atoms with E-state index in [1.807, 2.05) is 30.3 Å². The zero-order valence-electron chi connectivity index (χ0n) is 16.3. The summed E-state index contributed by atoms with van der Waals surface area (Å²) in [6, 6.07) is 13.2. The number of carbonyl (C=O) groups excluding carboxylic acids is 2. The fourth-order valence-corrected chi connectivity index (χ4v) is 3.98. The van der Waals surface area contributed by atoms with Crippen molar-refractivity contribution in [2.75, 3.05) is 20.2 Å². The SMILES string of the molecule is COc1c(Cl)ccc(Cl)c1C(=O)N1CCC(NC(=O)CCc2ccccc2)CC1. The zero-order chi connectivity index (χ0) is 20.8. The molecule has 29 heavy (non-hydrogen) atoms. The Balaban J connectivity index is 1.52. The third-order valence-electron chi connectivity index (χ3n) is 5.11. The first kappa shape index (κ1) is 21.5. The highest BCUT2D eigenvalue weighted by atomic mass is 35.5. The number of likely N-dealkylation sites (tertiary alicyclic amines) is 1. The van der Waals surface area contributed by atoms with E-state index in [1.165, 1.54) is 7.11 Å². The Morgan fingerprint density at radius 2 is 1.72 bits per heavy atom. The molecular weight excluding hydrogens is 411 g/mol. The number of ether oxygens (including phenoxy) is 1. The second kappa shape index (κ2) is 9.99. The summed E-state index contributed by atoms with van der Waals surface area (Å²) in [5.41, 5.74) is 1.43. The first-order chi connectivity index (χ1) is 14.0. The quantitative estimate of drug-likeness (QED) is 0.734. The molecule has 1 fully saturated rings. The van der Waals surface area contributed by atoms with Gasteiger partial charge in [-0.05, 0) is 37.0 Å². The van der Waals surface area contributed by atoms with E-state index < -0.39 is 0 Å². The fraction of sp³-hybridized carbons (Fsp3) is 0.364. The third kappa shape index (κ3) is 5.43. The number of nitrogens with one attached hydrogen (secondary N) is 1. The van der Waals surface area contributed by atoms with E-state index in [1.54, 1.807) is 17.0 Å². The number of methoxy groups -OCH3 is 1. The van der Waals surface area contributed by atoms with Crippen LogP contribution in [0.25, 0.3) is 0 Å². The van der Waals surface area contributed by atoms with E-state index in [-0.39, 0.29) is 23.4 Å². The number of halogens is 2. The Morgan fingerprint density at radius 3 is 2.38 bits per heavy atom. The van der Waals surface area contributed by atoms with Crippen LogP contribution in [0.15, 0.2) is 42.5 Å². The molecule has 7 heteroatoms. The molecule has 1 aliphatic heterocycles. The first-order valence-corrected chi connectivity index (χ1v) is 10.4. The smallest absolute Gasteiger partial charge is 0.259 e. The molecule has 154 valence electrons. The molecule has 0 saturated carbocycles. The molecule has 3 rings (SSSR count). The Hall–Kier alpha value is -2.24. The molecule has 0 aliphatic carbocycles. The number of amides is 2. The summed E-state index contributed by atoms with van der Waals surface area (Å²) in [4.78, 5) is 26.9. The van der Waals surface area contributed by atoms with Gasteiger partial charge in [-0.1, -0.05) is 53.5 Å². The summed E-state index contributed by atoms with van der Waals surface area (Å²) >= 11 is 12.4. The molecule has 1 saturated heterocycles. The normalized spacial score (nSPS) is 14.5. The van der Waals surface area contributed by atoms with Crippen LogP contribution >= 0.6 is 23.2 Å². The lowest BCUT2D eigenvalue weighted by atomic mass is 10.0. The van der Waals surface area contributed by atoms with Crippen LogP contribution in [-0.2, 0) is 11.2 Å². The lowest BCUT2D eigenvalue weighted by Crippen LogP contribution is -2.46. The van der Waals surface area contributed by atoms with Crippen molar-refractivity contribution in [2.24, 2.45) is 0 Å². The first-order valence-electron chi connectivity index (χ1n) is 9.64. The number of hydrogen-bond acceptors (Lipinski definition) is 3. The summed E-state index contributed by atoms with van der Waals surface area (Å²) in [5, 5.41) is 3.74. The molecule has 5 nitrogen and oxygen atoms in total. The van der Waals surface area contributed by atoms with Gasteiger partial charge in [0.1, 0.15) is 5.56 Å². The van der Waals surface area contributed by atoms with Gasteiger partial charge in [-0.25, -0.2) is 0 Å². The van der Waals surface area contributed by atoms with Crippen LogP contribution in [0.4, 0.5) is 0 Å². The lowest BCUT2D eigenvalue weighted by molar-refractivity contribution is -0.122. The lowest BCUT2D eigenvalue weighted by Gasteiger charge is -2.33. The van der Waals surface area contributed by atoms with Crippen LogP contribution < -0.4 is 10.1 Å². The van der Waals surface area contributed by atoms with Gasteiger partial charge in [0, 0.05) is 25.6 Å². The van der Waals surface area contributed by atoms with Crippen LogP contribution in [0.5, 0.6) is 5.75 Å². The van der Waals surface area contributed by atoms with E-state index in [0.717, 1.165) is 12.0 Å². The van der Waals surface area contributed by atoms with E-state index in [4.69, 9.17) is 27.9 Å². The second-order valence-electron chi connectivity index (χ2n) is 7.06. The molecule has 2 aromatic rings. The molecule has 0 bridgehead atoms. The third-order valence-corrected chi connectivity index (χ3v) is 5.72. The number of piperidine rings is 1. The Labute approximate surface area is 180 Å². The van der Waals surface area contributed by atoms with Crippen molar-refractivity contribution in [3.63, 3.8) is 0 Å². The summed E-state index contributed by atoms with van der Waals surface area (Å²) in [6.07, 6.45) is 2.57. The van der Waals surface area contributed by atoms with E-state index in [2.05, 4.69) is 5.32 Å². The number of rotatable bonds is 6. The van der Waals surface area contributed by atoms with E-state index in [0.29, 0.717) is 48.1 Å². The van der Waals surface area contributed by atoms with Gasteiger partial charge < -0.3 is 15.0 Å². The minimum atomic E-state index is -0.205. The average Bonchev–Trinajstić information content (AvgIpc) is 2.74. The van der Waals surface area contributed by atoms with Crippen LogP contribution in [0.1, 0.15) is 35.2 Å². The maximum absolute atomic E-state index is 13.0. The van der Waals surface area contributed by atoms with Crippen LogP contribution in [0.3, 0.4) is 0 Å². The van der Waals surface area contributed by atoms with Gasteiger partial charge in [0.05, 0.1) is 17.2 Å². The van der Waals surface area contributed by atoms with Crippen molar-refractivity contribution >= 4 is 35.0 Å². The Kier molecular flexibility index (Phi) is 7.40. The van der Waals surface area contributed by atoms with Crippen molar-refractivity contribution in [1.29, 1.82) is 0 Å². The van der Waals surface area contributed by atoms with Gasteiger partial charge in [-0.15, -0.1) is 0 Å². The van der Waals surface area contributed by atoms with E-state index >= 15 is 0 Å². The van der Waals surface area contributed by atoms with Gasteiger partial charge in [0.2, 0.25) is 5.91 Å². The summed E-state index contributed by atoms with van der Waals surface area (Å²) in [5.74, 6) is 0.127. The fourth-order valence-electron chi connectivity index (χ4n) is 3.52. The molecule has 0 atom stereocenters. The highest BCUT2D eigenvalue weighted by Gasteiger charge is 2.28. The largest absolute Gasteiger partial charge is 0.494 e. The molecule has 2 aromatic carbocycles. The van der Waals surface area contributed by atoms with Crippen molar-refractivity contribution < 1.29 is 14.3 Å². The monoisotopic (exact) mass is 434 g/mol. The predicted octanol–water partition coefficient (Wildman–Crippen LogP) is 4.36. The van der Waals surface area contributed by atoms with Gasteiger partial charge in [0.15, 0.2) is 5.75 Å². The second-order valence-corrected chi connectivity index (χ2v) is 7.87. The minimum absolute atomic E-state index is 0.0400. The molecule has 1 aliphatic rings. The topological polar surface area (TPSA) is 58.6 Å². The van der Waals surface area contributed by atoms with Gasteiger partial charge in [-0.2, -0.15) is 0 Å². The molecule has 0 unspecified atom stereocenters. The highest BCUT2D eigenvalue weighted by molar-refractivity contribution is 6.37. The average molecular weight is 435 g/mol. The summed E-state index contributed by atoms with van der Waals surface area (Å²) in [6.45, 7) is 1.07. The molecule has 2 amide bonds. The molecule has 0 radical (unpaired) electrons. The minimum Gasteiger partial charge on any atom is -0.494 e. The van der Waals surface area contributed by atoms with Crippen LogP contribution in [0.2, 0.25) is 10.0 Å². The van der Waals surface area contributed by atoms with Gasteiger partial charge >= 0.3 is 0 Å². The Bertz CT molecular complexity index is 866. The number of aryl methyl sites for hydroxylation is 1. The van der Waals surface area contributed by atoms with Crippen molar-refractivity contribution in [3.05, 3.63) is 63.6 Å². The van der Waals surface area contributed by atoms with Crippen LogP contribution in [-0.4, -0.2) is 43.0 Å². The summed E-state index contributed by atoms with van der Waals surface area (Å²) < 4.78 is 5.29. The number of benzene rings is 2. The molecule has 0 spiro atoms. The predicted molar refractivity (Wildman–Crippen MR) is 115 cm³/mol. The van der Waals surface area contributed by atoms with Gasteiger partial charge in [-0.3, -0.25) is 9.59 Å². The Morgan fingerprint density at radius 1 is 1.07 bits per heavy atom. The number of nitrogens with zero attached hydrogens (tertiary/aromatic N) is 1. The zero-order valence-corrected chi connectivity index (χ0v) is 17.8. The standard InChI is InChI=1S/C22H24Cl2N2O3/c1-29-21-18(24)9-8-17(23)20(21)22(28)26-13-11-16(12-14-26)25-19(27)10-7-15-5-3-2-4-6-15/h2-6,8-9,16H,7,10-14H2,1H3,(H,25,27). The highest BCUT2D eigenvalue weighted by Crippen LogP contribution is 2.35. The molecular formula is C22H24Cl2N2O3. The summed E-state index contributed by atoms with van der Waals surface area (Å²) in [7, 11) is 1.46.